The van der Waals surface area contributed by atoms with Gasteiger partial charge in [0.2, 0.25) is 0 Å². The lowest BCUT2D eigenvalue weighted by Gasteiger charge is -2.32. The van der Waals surface area contributed by atoms with Gasteiger partial charge in [-0.3, -0.25) is 4.79 Å². The molecule has 2 aliphatic heterocycles. The Morgan fingerprint density at radius 2 is 1.87 bits per heavy atom. The zero-order chi connectivity index (χ0) is 14.4. The maximum absolute atomic E-state index is 11.6. The number of aryl methyl sites for hydroxylation is 1. The van der Waals surface area contributed by atoms with Crippen molar-refractivity contribution in [2.24, 2.45) is 17.8 Å². The van der Waals surface area contributed by atoms with Crippen LogP contribution >= 0.6 is 24.8 Å². The minimum Gasteiger partial charge on any atom is -0.316 e. The van der Waals surface area contributed by atoms with E-state index in [0.717, 1.165) is 55.2 Å². The van der Waals surface area contributed by atoms with E-state index in [1.807, 2.05) is 6.92 Å². The molecule has 7 heteroatoms. The Balaban J connectivity index is 0.000000960. The van der Waals surface area contributed by atoms with Crippen LogP contribution in [0.25, 0.3) is 0 Å². The Labute approximate surface area is 149 Å². The van der Waals surface area contributed by atoms with E-state index in [4.69, 9.17) is 0 Å². The summed E-state index contributed by atoms with van der Waals surface area (Å²) in [5.74, 6) is 4.06. The Bertz CT molecular complexity index is 576. The average molecular weight is 361 g/mol. The van der Waals surface area contributed by atoms with Crippen LogP contribution in [0.3, 0.4) is 0 Å². The van der Waals surface area contributed by atoms with Crippen LogP contribution < -0.4 is 10.9 Å². The Kier molecular flexibility index (Phi) is 6.11. The SMILES string of the molecule is Cc1nc(C2CCN(CC3[C@H]4CNC[C@@H]34)CC2)cc(=O)[nH]1.Cl.Cl. The number of H-pyrrole nitrogens is 1. The summed E-state index contributed by atoms with van der Waals surface area (Å²) in [6.45, 7) is 7.93. The summed E-state index contributed by atoms with van der Waals surface area (Å²) in [4.78, 5) is 21.4. The smallest absolute Gasteiger partial charge is 0.251 e. The molecule has 23 heavy (non-hydrogen) atoms. The molecule has 3 heterocycles. The fourth-order valence-electron chi connectivity index (χ4n) is 4.34. The van der Waals surface area contributed by atoms with Crippen molar-refractivity contribution >= 4 is 24.8 Å². The topological polar surface area (TPSA) is 61.0 Å². The Hall–Kier alpha value is -0.620. The van der Waals surface area contributed by atoms with Gasteiger partial charge < -0.3 is 15.2 Å². The fraction of sp³-hybridized carbons (Fsp3) is 0.750. The second kappa shape index (κ2) is 7.51. The van der Waals surface area contributed by atoms with Crippen molar-refractivity contribution in [2.75, 3.05) is 32.7 Å². The van der Waals surface area contributed by atoms with E-state index in [1.54, 1.807) is 6.07 Å². The van der Waals surface area contributed by atoms with Gasteiger partial charge in [-0.1, -0.05) is 0 Å². The molecule has 3 atom stereocenters. The molecule has 1 aliphatic carbocycles. The van der Waals surface area contributed by atoms with E-state index in [2.05, 4.69) is 20.2 Å². The number of piperidine rings is 2. The van der Waals surface area contributed by atoms with Gasteiger partial charge in [0.15, 0.2) is 0 Å². The highest BCUT2D eigenvalue weighted by Gasteiger charge is 2.52. The van der Waals surface area contributed by atoms with Gasteiger partial charge in [0.1, 0.15) is 5.82 Å². The van der Waals surface area contributed by atoms with Crippen molar-refractivity contribution in [2.45, 2.75) is 25.7 Å². The van der Waals surface area contributed by atoms with E-state index in [0.29, 0.717) is 5.92 Å². The van der Waals surface area contributed by atoms with Crippen LogP contribution in [-0.2, 0) is 0 Å². The van der Waals surface area contributed by atoms with Crippen LogP contribution in [0.5, 0.6) is 0 Å². The normalized spacial score (nSPS) is 30.2. The molecule has 5 nitrogen and oxygen atoms in total. The van der Waals surface area contributed by atoms with E-state index in [1.165, 1.54) is 19.6 Å². The van der Waals surface area contributed by atoms with Crippen molar-refractivity contribution in [1.82, 2.24) is 20.2 Å². The van der Waals surface area contributed by atoms with Gasteiger partial charge in [0.25, 0.3) is 5.56 Å². The molecule has 2 N–H and O–H groups in total. The Morgan fingerprint density at radius 3 is 2.48 bits per heavy atom. The lowest BCUT2D eigenvalue weighted by atomic mass is 9.93. The minimum absolute atomic E-state index is 0. The first-order chi connectivity index (χ1) is 10.2. The van der Waals surface area contributed by atoms with Crippen LogP contribution in [0.2, 0.25) is 0 Å². The number of hydrogen-bond donors (Lipinski definition) is 2. The second-order valence-electron chi connectivity index (χ2n) is 6.98. The molecule has 3 fully saturated rings. The number of nitrogens with one attached hydrogen (secondary N) is 2. The van der Waals surface area contributed by atoms with Crippen molar-refractivity contribution in [1.29, 1.82) is 0 Å². The zero-order valence-corrected chi connectivity index (χ0v) is 15.1. The minimum atomic E-state index is -0.0155. The summed E-state index contributed by atoms with van der Waals surface area (Å²) in [5, 5.41) is 3.47. The van der Waals surface area contributed by atoms with Crippen LogP contribution in [0.1, 0.15) is 30.3 Å². The van der Waals surface area contributed by atoms with E-state index < -0.39 is 0 Å². The van der Waals surface area contributed by atoms with Gasteiger partial charge in [-0.2, -0.15) is 0 Å². The maximum atomic E-state index is 11.6. The number of nitrogens with zero attached hydrogens (tertiary/aromatic N) is 2. The predicted octanol–water partition coefficient (Wildman–Crippen LogP) is 1.57. The highest BCUT2D eigenvalue weighted by atomic mass is 35.5. The van der Waals surface area contributed by atoms with E-state index in [9.17, 15) is 4.79 Å². The first-order valence-electron chi connectivity index (χ1n) is 8.21. The number of aromatic nitrogens is 2. The van der Waals surface area contributed by atoms with Crippen molar-refractivity contribution in [3.05, 3.63) is 27.9 Å². The highest BCUT2D eigenvalue weighted by Crippen LogP contribution is 2.49. The number of aromatic amines is 1. The molecule has 0 radical (unpaired) electrons. The van der Waals surface area contributed by atoms with Crippen LogP contribution in [0.15, 0.2) is 10.9 Å². The number of hydrogen-bond acceptors (Lipinski definition) is 4. The first kappa shape index (κ1) is 18.7. The molecule has 4 rings (SSSR count). The summed E-state index contributed by atoms with van der Waals surface area (Å²) in [7, 11) is 0. The van der Waals surface area contributed by atoms with Gasteiger partial charge in [-0.05, 0) is 63.7 Å². The lowest BCUT2D eigenvalue weighted by Crippen LogP contribution is -2.36. The summed E-state index contributed by atoms with van der Waals surface area (Å²) < 4.78 is 0. The maximum Gasteiger partial charge on any atom is 0.251 e. The Morgan fingerprint density at radius 1 is 1.22 bits per heavy atom. The third-order valence-electron chi connectivity index (χ3n) is 5.62. The summed E-state index contributed by atoms with van der Waals surface area (Å²) in [6, 6.07) is 1.68. The van der Waals surface area contributed by atoms with Gasteiger partial charge in [0, 0.05) is 18.5 Å². The summed E-state index contributed by atoms with van der Waals surface area (Å²) in [5.41, 5.74) is 0.974. The fourth-order valence-corrected chi connectivity index (χ4v) is 4.34. The summed E-state index contributed by atoms with van der Waals surface area (Å²) >= 11 is 0. The molecular weight excluding hydrogens is 335 g/mol. The molecule has 1 unspecified atom stereocenters. The molecule has 0 bridgehead atoms. The van der Waals surface area contributed by atoms with Crippen molar-refractivity contribution < 1.29 is 0 Å². The second-order valence-corrected chi connectivity index (χ2v) is 6.98. The van der Waals surface area contributed by atoms with E-state index in [-0.39, 0.29) is 30.4 Å². The van der Waals surface area contributed by atoms with Crippen molar-refractivity contribution in [3.8, 4) is 0 Å². The number of halogens is 2. The van der Waals surface area contributed by atoms with Gasteiger partial charge >= 0.3 is 0 Å². The third-order valence-corrected chi connectivity index (χ3v) is 5.62. The molecule has 3 aliphatic rings. The average Bonchev–Trinajstić information content (AvgIpc) is 2.90. The first-order valence-corrected chi connectivity index (χ1v) is 8.21. The standard InChI is InChI=1S/C16H24N4O.2ClH/c1-10-18-15(6-16(21)19-10)11-2-4-20(5-3-11)9-14-12-7-17-8-13(12)14;;/h6,11-14,17H,2-5,7-9H2,1H3,(H,18,19,21);2*1H/t12-,13+,14?;;. The van der Waals surface area contributed by atoms with Crippen LogP contribution in [0.4, 0.5) is 0 Å². The van der Waals surface area contributed by atoms with Crippen LogP contribution in [-0.4, -0.2) is 47.6 Å². The predicted molar refractivity (Wildman–Crippen MR) is 95.8 cm³/mol. The molecule has 1 aromatic heterocycles. The van der Waals surface area contributed by atoms with Gasteiger partial charge in [-0.15, -0.1) is 24.8 Å². The molecule has 1 aromatic rings. The third kappa shape index (κ3) is 3.90. The lowest BCUT2D eigenvalue weighted by molar-refractivity contribution is 0.196. The molecular formula is C16H26Cl2N4O. The number of likely N-dealkylation sites (tertiary alicyclic amines) is 1. The number of rotatable bonds is 3. The van der Waals surface area contributed by atoms with Gasteiger partial charge in [0.05, 0.1) is 5.69 Å². The molecule has 0 aromatic carbocycles. The quantitative estimate of drug-likeness (QED) is 0.858. The molecule has 0 spiro atoms. The van der Waals surface area contributed by atoms with Gasteiger partial charge in [-0.25, -0.2) is 4.98 Å². The van der Waals surface area contributed by atoms with E-state index >= 15 is 0 Å². The van der Waals surface area contributed by atoms with Crippen LogP contribution in [0, 0.1) is 24.7 Å². The molecule has 0 amide bonds. The van der Waals surface area contributed by atoms with Crippen molar-refractivity contribution in [3.63, 3.8) is 0 Å². The molecule has 2 saturated heterocycles. The number of fused-ring (bicyclic) bond motifs is 1. The molecule has 1 saturated carbocycles. The monoisotopic (exact) mass is 360 g/mol. The highest BCUT2D eigenvalue weighted by molar-refractivity contribution is 5.85. The zero-order valence-electron chi connectivity index (χ0n) is 13.5. The molecule has 130 valence electrons. The largest absolute Gasteiger partial charge is 0.316 e. The summed E-state index contributed by atoms with van der Waals surface area (Å²) in [6.07, 6.45) is 2.27.